The number of aliphatic hydroxyl groups is 1. The maximum absolute atomic E-state index is 14.1. The fourth-order valence-electron chi connectivity index (χ4n) is 6.16. The fourth-order valence-corrected chi connectivity index (χ4v) is 7.53. The number of ether oxygens (including phenoxy) is 2. The Hall–Kier alpha value is -2.45. The minimum absolute atomic E-state index is 0.0611. The van der Waals surface area contributed by atoms with E-state index in [9.17, 15) is 32.7 Å². The minimum atomic E-state index is -3.83. The van der Waals surface area contributed by atoms with Crippen LogP contribution in [0.25, 0.3) is 0 Å². The number of hydrogen-bond acceptors (Lipinski definition) is 9. The summed E-state index contributed by atoms with van der Waals surface area (Å²) in [4.78, 5) is 55.2. The molecular formula is C28H46N4O9S. The Balaban J connectivity index is 1.61. The van der Waals surface area contributed by atoms with Gasteiger partial charge < -0.3 is 30.1 Å². The number of amides is 4. The predicted molar refractivity (Wildman–Crippen MR) is 151 cm³/mol. The highest BCUT2D eigenvalue weighted by molar-refractivity contribution is 7.91. The zero-order valence-electron chi connectivity index (χ0n) is 25.0. The quantitative estimate of drug-likeness (QED) is 0.339. The van der Waals surface area contributed by atoms with E-state index in [-0.39, 0.29) is 25.5 Å². The SMILES string of the molecule is COC[C@@H]1CCCCCC[C@@H]2C[C@@]2(C(=O)NS(=O)(=O)C2CC2)NC(=O)[C@@H]2C[C@@H](O)CN2C(=O)[C@H]1NC(=O)OC(C)(C)C. The number of nitrogens with zero attached hydrogens (tertiary/aromatic N) is 1. The summed E-state index contributed by atoms with van der Waals surface area (Å²) < 4.78 is 38.2. The summed E-state index contributed by atoms with van der Waals surface area (Å²) in [6, 6.07) is -2.20. The van der Waals surface area contributed by atoms with E-state index in [4.69, 9.17) is 9.47 Å². The molecule has 2 saturated heterocycles. The first-order chi connectivity index (χ1) is 19.7. The summed E-state index contributed by atoms with van der Waals surface area (Å²) in [6.07, 6.45) is 3.88. The highest BCUT2D eigenvalue weighted by Gasteiger charge is 2.62. The van der Waals surface area contributed by atoms with Crippen LogP contribution in [-0.4, -0.2) is 97.1 Å². The topological polar surface area (TPSA) is 180 Å². The fraction of sp³-hybridized carbons (Fsp3) is 0.857. The van der Waals surface area contributed by atoms with Crippen molar-refractivity contribution in [2.45, 2.75) is 120 Å². The lowest BCUT2D eigenvalue weighted by Gasteiger charge is -2.33. The van der Waals surface area contributed by atoms with E-state index < -0.39 is 74.3 Å². The third-order valence-electron chi connectivity index (χ3n) is 8.59. The zero-order chi connectivity index (χ0) is 30.9. The molecule has 4 rings (SSSR count). The van der Waals surface area contributed by atoms with Gasteiger partial charge in [-0.15, -0.1) is 0 Å². The molecule has 238 valence electrons. The lowest BCUT2D eigenvalue weighted by Crippen LogP contribution is -2.59. The van der Waals surface area contributed by atoms with Crippen LogP contribution >= 0.6 is 0 Å². The summed E-state index contributed by atoms with van der Waals surface area (Å²) in [5, 5.41) is 15.5. The van der Waals surface area contributed by atoms with Gasteiger partial charge in [-0.3, -0.25) is 19.1 Å². The molecule has 0 unspecified atom stereocenters. The average Bonchev–Trinajstić information content (AvgIpc) is 3.80. The Bertz CT molecular complexity index is 1150. The van der Waals surface area contributed by atoms with E-state index in [1.165, 1.54) is 12.0 Å². The smallest absolute Gasteiger partial charge is 0.408 e. The molecule has 0 aromatic heterocycles. The summed E-state index contributed by atoms with van der Waals surface area (Å²) in [6.45, 7) is 5.17. The van der Waals surface area contributed by atoms with Gasteiger partial charge in [-0.1, -0.05) is 25.7 Å². The number of sulfonamides is 1. The zero-order valence-corrected chi connectivity index (χ0v) is 25.8. The first-order valence-electron chi connectivity index (χ1n) is 15.0. The average molecular weight is 615 g/mol. The molecule has 4 N–H and O–H groups in total. The molecule has 4 amide bonds. The van der Waals surface area contributed by atoms with E-state index in [0.717, 1.165) is 25.7 Å². The van der Waals surface area contributed by atoms with Crippen molar-refractivity contribution < 1.29 is 42.2 Å². The van der Waals surface area contributed by atoms with E-state index >= 15 is 0 Å². The second kappa shape index (κ2) is 12.7. The standard InChI is InChI=1S/C28H46N4O9S/c1-27(2,3)41-26(37)29-22-17(16-40-4)9-7-5-6-8-10-18-14-28(18,25(36)31-42(38,39)20-11-12-20)30-23(34)21-13-19(33)15-32(21)24(22)35/h17-22,33H,5-16H2,1-4H3,(H,29,37)(H,30,34)(H,31,36)/t17-,18+,19+,21-,22-,28+/m0/s1. The van der Waals surface area contributed by atoms with Crippen molar-refractivity contribution in [3.63, 3.8) is 0 Å². The van der Waals surface area contributed by atoms with Crippen molar-refractivity contribution in [3.8, 4) is 0 Å². The van der Waals surface area contributed by atoms with Gasteiger partial charge in [0.15, 0.2) is 0 Å². The predicted octanol–water partition coefficient (Wildman–Crippen LogP) is 0.942. The molecule has 2 heterocycles. The van der Waals surface area contributed by atoms with Gasteiger partial charge in [0.1, 0.15) is 23.2 Å². The lowest BCUT2D eigenvalue weighted by atomic mass is 9.92. The molecule has 0 radical (unpaired) electrons. The molecule has 2 aliphatic carbocycles. The van der Waals surface area contributed by atoms with Gasteiger partial charge >= 0.3 is 6.09 Å². The number of alkyl carbamates (subject to hydrolysis) is 1. The molecule has 0 bridgehead atoms. The van der Waals surface area contributed by atoms with Crippen LogP contribution in [0.4, 0.5) is 4.79 Å². The van der Waals surface area contributed by atoms with Gasteiger partial charge in [0.2, 0.25) is 21.8 Å². The molecule has 0 aromatic rings. The highest BCUT2D eigenvalue weighted by atomic mass is 32.2. The Labute approximate surface area is 247 Å². The molecule has 2 saturated carbocycles. The molecule has 4 fully saturated rings. The monoisotopic (exact) mass is 614 g/mol. The van der Waals surface area contributed by atoms with E-state index in [1.54, 1.807) is 20.8 Å². The lowest BCUT2D eigenvalue weighted by molar-refractivity contribution is -0.142. The van der Waals surface area contributed by atoms with Gasteiger partial charge in [0.05, 0.1) is 18.0 Å². The van der Waals surface area contributed by atoms with Crippen LogP contribution in [0.15, 0.2) is 0 Å². The van der Waals surface area contributed by atoms with Crippen LogP contribution in [0.2, 0.25) is 0 Å². The van der Waals surface area contributed by atoms with Crippen LogP contribution in [0, 0.1) is 11.8 Å². The number of carbonyl (C=O) groups is 4. The van der Waals surface area contributed by atoms with Crippen molar-refractivity contribution in [3.05, 3.63) is 0 Å². The first-order valence-corrected chi connectivity index (χ1v) is 16.6. The number of hydrogen-bond donors (Lipinski definition) is 4. The number of aliphatic hydroxyl groups excluding tert-OH is 1. The van der Waals surface area contributed by atoms with Gasteiger partial charge in [0, 0.05) is 26.0 Å². The van der Waals surface area contributed by atoms with Gasteiger partial charge in [-0.25, -0.2) is 13.2 Å². The van der Waals surface area contributed by atoms with Gasteiger partial charge in [-0.2, -0.15) is 0 Å². The number of nitrogens with one attached hydrogen (secondary N) is 3. The Morgan fingerprint density at radius 3 is 2.38 bits per heavy atom. The third-order valence-corrected chi connectivity index (χ3v) is 10.4. The van der Waals surface area contributed by atoms with Crippen molar-refractivity contribution in [1.82, 2.24) is 20.3 Å². The molecule has 0 aromatic carbocycles. The number of rotatable bonds is 6. The normalized spacial score (nSPS) is 32.9. The van der Waals surface area contributed by atoms with Crippen molar-refractivity contribution in [1.29, 1.82) is 0 Å². The molecule has 14 heteroatoms. The van der Waals surface area contributed by atoms with Crippen LogP contribution in [-0.2, 0) is 33.9 Å². The molecule has 0 spiro atoms. The maximum Gasteiger partial charge on any atom is 0.408 e. The van der Waals surface area contributed by atoms with Crippen molar-refractivity contribution in [2.24, 2.45) is 11.8 Å². The maximum atomic E-state index is 14.1. The van der Waals surface area contributed by atoms with Crippen LogP contribution in [0.3, 0.4) is 0 Å². The Morgan fingerprint density at radius 1 is 1.10 bits per heavy atom. The molecule has 4 aliphatic rings. The molecule has 2 aliphatic heterocycles. The second-order valence-electron chi connectivity index (χ2n) is 13.3. The van der Waals surface area contributed by atoms with Crippen LogP contribution < -0.4 is 15.4 Å². The Kier molecular flexibility index (Phi) is 9.78. The van der Waals surface area contributed by atoms with Gasteiger partial charge in [-0.05, 0) is 58.8 Å². The largest absolute Gasteiger partial charge is 0.444 e. The number of methoxy groups -OCH3 is 1. The molecule has 42 heavy (non-hydrogen) atoms. The van der Waals surface area contributed by atoms with Gasteiger partial charge in [0.25, 0.3) is 5.91 Å². The summed E-state index contributed by atoms with van der Waals surface area (Å²) in [5.41, 5.74) is -2.20. The second-order valence-corrected chi connectivity index (χ2v) is 15.2. The third kappa shape index (κ3) is 7.73. The highest BCUT2D eigenvalue weighted by Crippen LogP contribution is 2.48. The minimum Gasteiger partial charge on any atom is -0.444 e. The molecular weight excluding hydrogens is 568 g/mol. The summed E-state index contributed by atoms with van der Waals surface area (Å²) in [5.74, 6) is -2.61. The van der Waals surface area contributed by atoms with E-state index in [2.05, 4.69) is 15.4 Å². The van der Waals surface area contributed by atoms with Crippen molar-refractivity contribution in [2.75, 3.05) is 20.3 Å². The number of fused-ring (bicyclic) bond motifs is 2. The van der Waals surface area contributed by atoms with E-state index in [0.29, 0.717) is 32.1 Å². The summed E-state index contributed by atoms with van der Waals surface area (Å²) >= 11 is 0. The summed E-state index contributed by atoms with van der Waals surface area (Å²) in [7, 11) is -2.31. The van der Waals surface area contributed by atoms with Crippen LogP contribution in [0.5, 0.6) is 0 Å². The first kappa shape index (κ1) is 32.5. The van der Waals surface area contributed by atoms with E-state index in [1.807, 2.05) is 0 Å². The molecule has 6 atom stereocenters. The van der Waals surface area contributed by atoms with Crippen molar-refractivity contribution >= 4 is 33.8 Å². The van der Waals surface area contributed by atoms with Crippen LogP contribution in [0.1, 0.15) is 85.0 Å². The molecule has 13 nitrogen and oxygen atoms in total. The number of carbonyl (C=O) groups excluding carboxylic acids is 4. The Morgan fingerprint density at radius 2 is 1.76 bits per heavy atom.